The average molecular weight is 415 g/mol. The number of hydrogen-bond donors (Lipinski definition) is 3. The van der Waals surface area contributed by atoms with Gasteiger partial charge in [0.2, 0.25) is 5.91 Å². The second-order valence-electron chi connectivity index (χ2n) is 8.24. The van der Waals surface area contributed by atoms with Gasteiger partial charge in [-0.05, 0) is 44.9 Å². The third-order valence-corrected chi connectivity index (χ3v) is 5.68. The first kappa shape index (κ1) is 21.8. The Hall–Kier alpha value is -2.94. The summed E-state index contributed by atoms with van der Waals surface area (Å²) >= 11 is 0. The normalized spacial score (nSPS) is 17.9. The van der Waals surface area contributed by atoms with Crippen LogP contribution in [0.4, 0.5) is 10.5 Å². The third-order valence-electron chi connectivity index (χ3n) is 5.68. The highest BCUT2D eigenvalue weighted by Crippen LogP contribution is 2.32. The van der Waals surface area contributed by atoms with E-state index in [0.29, 0.717) is 12.8 Å². The van der Waals surface area contributed by atoms with Crippen LogP contribution in [0.2, 0.25) is 0 Å². The van der Waals surface area contributed by atoms with Crippen LogP contribution in [0.1, 0.15) is 43.2 Å². The highest BCUT2D eigenvalue weighted by Gasteiger charge is 2.52. The molecule has 1 saturated carbocycles. The van der Waals surface area contributed by atoms with Crippen LogP contribution in [0.5, 0.6) is 0 Å². The van der Waals surface area contributed by atoms with Gasteiger partial charge in [-0.25, -0.2) is 4.79 Å². The summed E-state index contributed by atoms with van der Waals surface area (Å²) in [6.07, 6.45) is 3.94. The van der Waals surface area contributed by atoms with Gasteiger partial charge in [0.25, 0.3) is 11.8 Å². The lowest BCUT2D eigenvalue weighted by Crippen LogP contribution is -2.52. The van der Waals surface area contributed by atoms with E-state index in [1.54, 1.807) is 7.05 Å². The molecule has 1 aromatic rings. The molecule has 3 rings (SSSR count). The largest absolute Gasteiger partial charge is 0.344 e. The van der Waals surface area contributed by atoms with Crippen LogP contribution in [0.25, 0.3) is 0 Å². The number of imide groups is 1. The fraction of sp³-hybridized carbons (Fsp3) is 0.524. The Bertz CT molecular complexity index is 843. The molecule has 1 aliphatic carbocycles. The zero-order chi connectivity index (χ0) is 21.9. The summed E-state index contributed by atoms with van der Waals surface area (Å²) < 4.78 is 0. The lowest BCUT2D eigenvalue weighted by Gasteiger charge is -2.30. The maximum Gasteiger partial charge on any atom is 0.344 e. The van der Waals surface area contributed by atoms with Crippen LogP contribution in [0, 0.1) is 13.8 Å². The van der Waals surface area contributed by atoms with Crippen LogP contribution >= 0.6 is 0 Å². The van der Waals surface area contributed by atoms with Crippen molar-refractivity contribution in [2.45, 2.75) is 51.5 Å². The fourth-order valence-electron chi connectivity index (χ4n) is 4.11. The molecule has 1 aromatic carbocycles. The van der Waals surface area contributed by atoms with Crippen molar-refractivity contribution in [3.05, 3.63) is 29.3 Å². The number of hydrazine groups is 1. The topological polar surface area (TPSA) is 111 Å². The molecule has 0 unspecified atom stereocenters. The number of urea groups is 1. The van der Waals surface area contributed by atoms with Gasteiger partial charge in [-0.15, -0.1) is 0 Å². The standard InChI is InChI=1S/C21H29N5O4/c1-14-8-7-9-15(2)18(14)22-16(27)12-25(3)13-17(28)24-26-19(29)21(23-20(26)30)10-5-4-6-11-21/h7-9H,4-6,10-13H2,1-3H3,(H,22,27)(H,23,30)(H,24,28). The van der Waals surface area contributed by atoms with Crippen LogP contribution in [-0.2, 0) is 14.4 Å². The van der Waals surface area contributed by atoms with E-state index < -0.39 is 23.4 Å². The van der Waals surface area contributed by atoms with Gasteiger partial charge in [0.05, 0.1) is 13.1 Å². The number of carbonyl (C=O) groups is 4. The minimum atomic E-state index is -0.889. The van der Waals surface area contributed by atoms with Crippen molar-refractivity contribution in [1.29, 1.82) is 0 Å². The number of para-hydroxylation sites is 1. The van der Waals surface area contributed by atoms with E-state index in [-0.39, 0.29) is 19.0 Å². The molecule has 162 valence electrons. The number of rotatable bonds is 6. The molecular weight excluding hydrogens is 386 g/mol. The molecule has 30 heavy (non-hydrogen) atoms. The first-order valence-electron chi connectivity index (χ1n) is 10.2. The molecule has 1 spiro atoms. The predicted octanol–water partition coefficient (Wildman–Crippen LogP) is 1.46. The summed E-state index contributed by atoms with van der Waals surface area (Å²) in [5.41, 5.74) is 4.17. The quantitative estimate of drug-likeness (QED) is 0.609. The molecule has 9 heteroatoms. The van der Waals surface area contributed by atoms with Gasteiger partial charge < -0.3 is 10.6 Å². The average Bonchev–Trinajstić information content (AvgIpc) is 2.89. The minimum Gasteiger partial charge on any atom is -0.324 e. The smallest absolute Gasteiger partial charge is 0.324 e. The van der Waals surface area contributed by atoms with Gasteiger partial charge in [0.15, 0.2) is 0 Å². The Balaban J connectivity index is 1.51. The molecule has 9 nitrogen and oxygen atoms in total. The summed E-state index contributed by atoms with van der Waals surface area (Å²) in [5, 5.41) is 6.39. The van der Waals surface area contributed by atoms with E-state index in [0.717, 1.165) is 41.1 Å². The molecule has 2 fully saturated rings. The van der Waals surface area contributed by atoms with Gasteiger partial charge in [0, 0.05) is 5.69 Å². The predicted molar refractivity (Wildman–Crippen MR) is 111 cm³/mol. The van der Waals surface area contributed by atoms with Crippen LogP contribution in [0.3, 0.4) is 0 Å². The van der Waals surface area contributed by atoms with E-state index in [1.807, 2.05) is 32.0 Å². The summed E-state index contributed by atoms with van der Waals surface area (Å²) in [4.78, 5) is 51.2. The number of nitrogens with one attached hydrogen (secondary N) is 3. The molecular formula is C21H29N5O4. The van der Waals surface area contributed by atoms with Gasteiger partial charge in [-0.1, -0.05) is 37.5 Å². The fourth-order valence-corrected chi connectivity index (χ4v) is 4.11. The number of hydrogen-bond acceptors (Lipinski definition) is 5. The Labute approximate surface area is 176 Å². The highest BCUT2D eigenvalue weighted by molar-refractivity contribution is 6.08. The van der Waals surface area contributed by atoms with Crippen LogP contribution in [-0.4, -0.2) is 59.3 Å². The molecule has 3 N–H and O–H groups in total. The van der Waals surface area contributed by atoms with Gasteiger partial charge in [-0.3, -0.25) is 24.7 Å². The summed E-state index contributed by atoms with van der Waals surface area (Å²) in [6, 6.07) is 5.14. The number of nitrogens with zero attached hydrogens (tertiary/aromatic N) is 2. The monoisotopic (exact) mass is 415 g/mol. The second-order valence-corrected chi connectivity index (χ2v) is 8.24. The maximum absolute atomic E-state index is 12.7. The Morgan fingerprint density at radius 1 is 1.07 bits per heavy atom. The van der Waals surface area contributed by atoms with Gasteiger partial charge in [0.1, 0.15) is 5.54 Å². The number of carbonyl (C=O) groups excluding carboxylic acids is 4. The van der Waals surface area contributed by atoms with Crippen LogP contribution < -0.4 is 16.1 Å². The number of aryl methyl sites for hydroxylation is 2. The van der Waals surface area contributed by atoms with Crippen molar-refractivity contribution in [3.63, 3.8) is 0 Å². The summed E-state index contributed by atoms with van der Waals surface area (Å²) in [6.45, 7) is 3.68. The number of amides is 5. The Kier molecular flexibility index (Phi) is 6.40. The van der Waals surface area contributed by atoms with E-state index in [2.05, 4.69) is 16.1 Å². The number of anilines is 1. The van der Waals surface area contributed by atoms with E-state index in [1.165, 1.54) is 4.90 Å². The van der Waals surface area contributed by atoms with Crippen LogP contribution in [0.15, 0.2) is 18.2 Å². The molecule has 0 atom stereocenters. The van der Waals surface area contributed by atoms with Crippen molar-refractivity contribution >= 4 is 29.4 Å². The molecule has 5 amide bonds. The Morgan fingerprint density at radius 3 is 2.30 bits per heavy atom. The van der Waals surface area contributed by atoms with E-state index in [9.17, 15) is 19.2 Å². The van der Waals surface area contributed by atoms with Gasteiger partial charge in [-0.2, -0.15) is 5.01 Å². The molecule has 0 radical (unpaired) electrons. The summed E-state index contributed by atoms with van der Waals surface area (Å²) in [5.74, 6) is -1.19. The van der Waals surface area contributed by atoms with Gasteiger partial charge >= 0.3 is 6.03 Å². The van der Waals surface area contributed by atoms with Crippen molar-refractivity contribution in [2.24, 2.45) is 0 Å². The summed E-state index contributed by atoms with van der Waals surface area (Å²) in [7, 11) is 1.62. The second kappa shape index (κ2) is 8.83. The molecule has 0 bridgehead atoms. The van der Waals surface area contributed by atoms with Crippen molar-refractivity contribution in [1.82, 2.24) is 20.7 Å². The van der Waals surface area contributed by atoms with Crippen molar-refractivity contribution in [2.75, 3.05) is 25.5 Å². The third kappa shape index (κ3) is 4.62. The lowest BCUT2D eigenvalue weighted by molar-refractivity contribution is -0.140. The Morgan fingerprint density at radius 2 is 1.67 bits per heavy atom. The van der Waals surface area contributed by atoms with Crippen molar-refractivity contribution < 1.29 is 19.2 Å². The molecule has 1 saturated heterocycles. The van der Waals surface area contributed by atoms with E-state index >= 15 is 0 Å². The molecule has 1 aliphatic heterocycles. The first-order chi connectivity index (χ1) is 14.2. The first-order valence-corrected chi connectivity index (χ1v) is 10.2. The zero-order valence-electron chi connectivity index (χ0n) is 17.7. The van der Waals surface area contributed by atoms with E-state index in [4.69, 9.17) is 0 Å². The highest BCUT2D eigenvalue weighted by atomic mass is 16.2. The SMILES string of the molecule is Cc1cccc(C)c1NC(=O)CN(C)CC(=O)NN1C(=O)NC2(CCCCC2)C1=O. The van der Waals surface area contributed by atoms with Crippen molar-refractivity contribution in [3.8, 4) is 0 Å². The lowest BCUT2D eigenvalue weighted by atomic mass is 9.82. The molecule has 2 aliphatic rings. The number of likely N-dealkylation sites (N-methyl/N-ethyl adjacent to an activating group) is 1. The molecule has 1 heterocycles. The maximum atomic E-state index is 12.7. The number of benzene rings is 1. The zero-order valence-corrected chi connectivity index (χ0v) is 17.7. The minimum absolute atomic E-state index is 0.00866. The molecule has 0 aromatic heterocycles.